The fraction of sp³-hybridized carbons (Fsp3) is 0.476. The Bertz CT molecular complexity index is 754. The molecule has 1 aromatic heterocycles. The molecule has 7 nitrogen and oxygen atoms in total. The van der Waals surface area contributed by atoms with Crippen molar-refractivity contribution in [2.75, 3.05) is 56.2 Å². The van der Waals surface area contributed by atoms with Gasteiger partial charge >= 0.3 is 0 Å². The number of para-hydroxylation sites is 1. The fourth-order valence-corrected chi connectivity index (χ4v) is 3.83. The van der Waals surface area contributed by atoms with Crippen molar-refractivity contribution < 1.29 is 9.53 Å². The van der Waals surface area contributed by atoms with E-state index in [2.05, 4.69) is 25.3 Å². The van der Waals surface area contributed by atoms with Crippen molar-refractivity contribution in [3.05, 3.63) is 48.2 Å². The summed E-state index contributed by atoms with van der Waals surface area (Å²) in [5.41, 5.74) is 1.08. The van der Waals surface area contributed by atoms with Crippen LogP contribution in [0.5, 0.6) is 0 Å². The molecule has 28 heavy (non-hydrogen) atoms. The van der Waals surface area contributed by atoms with Crippen LogP contribution in [0.1, 0.15) is 23.3 Å². The molecule has 1 N–H and O–H groups in total. The van der Waals surface area contributed by atoms with Gasteiger partial charge in [-0.05, 0) is 43.0 Å². The Morgan fingerprint density at radius 1 is 1.00 bits per heavy atom. The van der Waals surface area contributed by atoms with Crippen molar-refractivity contribution in [2.45, 2.75) is 12.8 Å². The van der Waals surface area contributed by atoms with Gasteiger partial charge in [0.1, 0.15) is 0 Å². The Morgan fingerprint density at radius 3 is 2.43 bits per heavy atom. The van der Waals surface area contributed by atoms with E-state index in [1.165, 1.54) is 6.54 Å². The SMILES string of the molecule is O=C(Nc1ccccc1)c1ccc(N2CCC(CN3CCOCC3)CC2)nn1. The van der Waals surface area contributed by atoms with Gasteiger partial charge in [-0.1, -0.05) is 18.2 Å². The highest BCUT2D eigenvalue weighted by molar-refractivity contribution is 6.02. The molecule has 1 aromatic carbocycles. The van der Waals surface area contributed by atoms with Gasteiger partial charge in [0.05, 0.1) is 13.2 Å². The van der Waals surface area contributed by atoms with E-state index in [4.69, 9.17) is 4.74 Å². The van der Waals surface area contributed by atoms with Gasteiger partial charge in [0, 0.05) is 38.4 Å². The second-order valence-corrected chi connectivity index (χ2v) is 7.44. The summed E-state index contributed by atoms with van der Waals surface area (Å²) in [5.74, 6) is 1.34. The van der Waals surface area contributed by atoms with Crippen LogP contribution < -0.4 is 10.2 Å². The third kappa shape index (κ3) is 4.85. The molecule has 3 heterocycles. The van der Waals surface area contributed by atoms with Crippen molar-refractivity contribution in [1.29, 1.82) is 0 Å². The Labute approximate surface area is 165 Å². The number of amides is 1. The predicted molar refractivity (Wildman–Crippen MR) is 109 cm³/mol. The van der Waals surface area contributed by atoms with Crippen LogP contribution in [0.2, 0.25) is 0 Å². The van der Waals surface area contributed by atoms with Crippen LogP contribution in [0.4, 0.5) is 11.5 Å². The number of ether oxygens (including phenoxy) is 1. The van der Waals surface area contributed by atoms with E-state index < -0.39 is 0 Å². The van der Waals surface area contributed by atoms with Crippen molar-refractivity contribution >= 4 is 17.4 Å². The minimum atomic E-state index is -0.241. The normalized spacial score (nSPS) is 18.8. The summed E-state index contributed by atoms with van der Waals surface area (Å²) < 4.78 is 5.43. The van der Waals surface area contributed by atoms with E-state index in [1.807, 2.05) is 36.4 Å². The fourth-order valence-electron chi connectivity index (χ4n) is 3.83. The molecule has 2 saturated heterocycles. The number of hydrogen-bond donors (Lipinski definition) is 1. The summed E-state index contributed by atoms with van der Waals surface area (Å²) in [6.07, 6.45) is 2.32. The van der Waals surface area contributed by atoms with Crippen LogP contribution >= 0.6 is 0 Å². The Kier molecular flexibility index (Phi) is 6.14. The first kappa shape index (κ1) is 18.8. The van der Waals surface area contributed by atoms with E-state index in [9.17, 15) is 4.79 Å². The average molecular weight is 381 g/mol. The number of aromatic nitrogens is 2. The van der Waals surface area contributed by atoms with Gasteiger partial charge in [0.15, 0.2) is 11.5 Å². The van der Waals surface area contributed by atoms with Gasteiger partial charge in [0.25, 0.3) is 5.91 Å². The summed E-state index contributed by atoms with van der Waals surface area (Å²) in [5, 5.41) is 11.3. The van der Waals surface area contributed by atoms with Crippen molar-refractivity contribution in [3.8, 4) is 0 Å². The summed E-state index contributed by atoms with van der Waals surface area (Å²) in [4.78, 5) is 17.1. The molecule has 148 valence electrons. The number of anilines is 2. The van der Waals surface area contributed by atoms with Crippen LogP contribution in [-0.4, -0.2) is 66.9 Å². The molecule has 0 atom stereocenters. The summed E-state index contributed by atoms with van der Waals surface area (Å²) in [7, 11) is 0. The molecule has 1 amide bonds. The maximum atomic E-state index is 12.3. The minimum Gasteiger partial charge on any atom is -0.379 e. The van der Waals surface area contributed by atoms with E-state index in [0.717, 1.165) is 69.7 Å². The van der Waals surface area contributed by atoms with E-state index in [-0.39, 0.29) is 5.91 Å². The first-order valence-electron chi connectivity index (χ1n) is 10.0. The Hall–Kier alpha value is -2.51. The second kappa shape index (κ2) is 9.12. The summed E-state index contributed by atoms with van der Waals surface area (Å²) in [6.45, 7) is 6.97. The molecule has 0 radical (unpaired) electrons. The highest BCUT2D eigenvalue weighted by atomic mass is 16.5. The van der Waals surface area contributed by atoms with Gasteiger partial charge in [-0.25, -0.2) is 0 Å². The number of carbonyl (C=O) groups is 1. The van der Waals surface area contributed by atoms with Gasteiger partial charge in [-0.3, -0.25) is 9.69 Å². The third-order valence-electron chi connectivity index (χ3n) is 5.47. The lowest BCUT2D eigenvalue weighted by Crippen LogP contribution is -2.43. The molecular formula is C21H27N5O2. The van der Waals surface area contributed by atoms with Crippen LogP contribution in [0.25, 0.3) is 0 Å². The number of nitrogens with one attached hydrogen (secondary N) is 1. The quantitative estimate of drug-likeness (QED) is 0.857. The number of nitrogens with zero attached hydrogens (tertiary/aromatic N) is 4. The number of morpholine rings is 1. The van der Waals surface area contributed by atoms with Crippen molar-refractivity contribution in [1.82, 2.24) is 15.1 Å². The standard InChI is InChI=1S/C21H27N5O2/c27-21(22-18-4-2-1-3-5-18)19-6-7-20(24-23-19)26-10-8-17(9-11-26)16-25-12-14-28-15-13-25/h1-7,17H,8-16H2,(H,22,27). The number of hydrogen-bond acceptors (Lipinski definition) is 6. The minimum absolute atomic E-state index is 0.241. The molecule has 2 aliphatic rings. The smallest absolute Gasteiger partial charge is 0.276 e. The average Bonchev–Trinajstić information content (AvgIpc) is 2.76. The largest absolute Gasteiger partial charge is 0.379 e. The molecule has 0 unspecified atom stereocenters. The predicted octanol–water partition coefficient (Wildman–Crippen LogP) is 2.28. The maximum absolute atomic E-state index is 12.3. The topological polar surface area (TPSA) is 70.6 Å². The van der Waals surface area contributed by atoms with E-state index in [0.29, 0.717) is 5.69 Å². The molecule has 4 rings (SSSR count). The van der Waals surface area contributed by atoms with Crippen molar-refractivity contribution in [3.63, 3.8) is 0 Å². The van der Waals surface area contributed by atoms with Gasteiger partial charge in [-0.15, -0.1) is 10.2 Å². The Balaban J connectivity index is 1.28. The highest BCUT2D eigenvalue weighted by Crippen LogP contribution is 2.22. The zero-order chi connectivity index (χ0) is 19.2. The molecule has 2 fully saturated rings. The zero-order valence-corrected chi connectivity index (χ0v) is 16.1. The van der Waals surface area contributed by atoms with Crippen LogP contribution in [0.15, 0.2) is 42.5 Å². The monoisotopic (exact) mass is 381 g/mol. The molecule has 0 spiro atoms. The number of carbonyl (C=O) groups excluding carboxylic acids is 1. The van der Waals surface area contributed by atoms with Gasteiger partial charge in [0.2, 0.25) is 0 Å². The lowest BCUT2D eigenvalue weighted by Gasteiger charge is -2.36. The molecule has 2 aliphatic heterocycles. The first-order chi connectivity index (χ1) is 13.8. The molecule has 0 saturated carbocycles. The van der Waals surface area contributed by atoms with Gasteiger partial charge in [-0.2, -0.15) is 0 Å². The Morgan fingerprint density at radius 2 is 1.75 bits per heavy atom. The van der Waals surface area contributed by atoms with Crippen LogP contribution in [0, 0.1) is 5.92 Å². The summed E-state index contributed by atoms with van der Waals surface area (Å²) in [6, 6.07) is 13.0. The lowest BCUT2D eigenvalue weighted by molar-refractivity contribution is 0.0289. The zero-order valence-electron chi connectivity index (χ0n) is 16.1. The number of rotatable bonds is 5. The number of piperidine rings is 1. The second-order valence-electron chi connectivity index (χ2n) is 7.44. The van der Waals surface area contributed by atoms with E-state index in [1.54, 1.807) is 6.07 Å². The van der Waals surface area contributed by atoms with E-state index >= 15 is 0 Å². The van der Waals surface area contributed by atoms with Crippen LogP contribution in [-0.2, 0) is 4.74 Å². The molecule has 7 heteroatoms. The highest BCUT2D eigenvalue weighted by Gasteiger charge is 2.23. The molecular weight excluding hydrogens is 354 g/mol. The third-order valence-corrected chi connectivity index (χ3v) is 5.47. The lowest BCUT2D eigenvalue weighted by atomic mass is 9.96. The molecule has 2 aromatic rings. The van der Waals surface area contributed by atoms with Gasteiger partial charge < -0.3 is 15.0 Å². The van der Waals surface area contributed by atoms with Crippen molar-refractivity contribution in [2.24, 2.45) is 5.92 Å². The number of benzene rings is 1. The van der Waals surface area contributed by atoms with Crippen LogP contribution in [0.3, 0.4) is 0 Å². The summed E-state index contributed by atoms with van der Waals surface area (Å²) >= 11 is 0. The molecule has 0 aliphatic carbocycles. The molecule has 0 bridgehead atoms. The maximum Gasteiger partial charge on any atom is 0.276 e. The first-order valence-corrected chi connectivity index (χ1v) is 10.0.